The highest BCUT2D eigenvalue weighted by Crippen LogP contribution is 2.14. The lowest BCUT2D eigenvalue weighted by atomic mass is 10.5. The molecule has 0 radical (unpaired) electrons. The first-order valence-electron chi connectivity index (χ1n) is 3.98. The lowest BCUT2D eigenvalue weighted by molar-refractivity contribution is -0.172. The molecule has 6 heteroatoms. The molecule has 0 aromatic heterocycles. The number of nitrogens with two attached hydrogens (primary N) is 1. The van der Waals surface area contributed by atoms with E-state index in [9.17, 15) is 13.2 Å². The molecule has 2 nitrogen and oxygen atoms in total. The molecule has 80 valence electrons. The lowest BCUT2D eigenvalue weighted by Crippen LogP contribution is -2.18. The molecule has 0 aliphatic heterocycles. The molecule has 0 rings (SSSR count). The topological polar surface area (TPSA) is 35.2 Å². The largest absolute Gasteiger partial charge is 0.411 e. The Bertz CT molecular complexity index is 121. The average molecular weight is 217 g/mol. The number of thioether (sulfide) groups is 1. The van der Waals surface area contributed by atoms with Crippen molar-refractivity contribution in [2.24, 2.45) is 5.73 Å². The van der Waals surface area contributed by atoms with Crippen LogP contribution in [0.2, 0.25) is 0 Å². The summed E-state index contributed by atoms with van der Waals surface area (Å²) in [5, 5.41) is 0. The molecule has 0 atom stereocenters. The van der Waals surface area contributed by atoms with Crippen molar-refractivity contribution in [3.8, 4) is 0 Å². The van der Waals surface area contributed by atoms with E-state index in [2.05, 4.69) is 4.74 Å². The van der Waals surface area contributed by atoms with Gasteiger partial charge in [-0.15, -0.1) is 0 Å². The van der Waals surface area contributed by atoms with Crippen LogP contribution in [-0.4, -0.2) is 37.4 Å². The zero-order valence-corrected chi connectivity index (χ0v) is 8.09. The molecular formula is C7H14F3NOS. The molecule has 0 heterocycles. The van der Waals surface area contributed by atoms with E-state index in [0.29, 0.717) is 12.3 Å². The molecule has 0 saturated heterocycles. The number of hydrogen-bond acceptors (Lipinski definition) is 3. The summed E-state index contributed by atoms with van der Waals surface area (Å²) < 4.78 is 39.0. The summed E-state index contributed by atoms with van der Waals surface area (Å²) in [6, 6.07) is 0. The summed E-state index contributed by atoms with van der Waals surface area (Å²) in [6.07, 6.45) is -3.31. The normalized spacial score (nSPS) is 12.0. The van der Waals surface area contributed by atoms with E-state index in [1.165, 1.54) is 0 Å². The van der Waals surface area contributed by atoms with Crippen molar-refractivity contribution in [3.05, 3.63) is 0 Å². The van der Waals surface area contributed by atoms with Crippen molar-refractivity contribution in [2.45, 2.75) is 12.6 Å². The van der Waals surface area contributed by atoms with Crippen LogP contribution in [0.15, 0.2) is 0 Å². The Labute approximate surface area is 80.0 Å². The molecule has 0 unspecified atom stereocenters. The highest BCUT2D eigenvalue weighted by Gasteiger charge is 2.27. The molecule has 0 aliphatic rings. The van der Waals surface area contributed by atoms with E-state index in [0.717, 1.165) is 12.2 Å². The summed E-state index contributed by atoms with van der Waals surface area (Å²) in [5.41, 5.74) is 5.23. The maximum absolute atomic E-state index is 11.5. The van der Waals surface area contributed by atoms with Crippen LogP contribution in [-0.2, 0) is 4.74 Å². The van der Waals surface area contributed by atoms with E-state index in [1.807, 2.05) is 0 Å². The van der Waals surface area contributed by atoms with Gasteiger partial charge in [-0.2, -0.15) is 24.9 Å². The molecule has 0 spiro atoms. The third-order valence-electron chi connectivity index (χ3n) is 1.13. The fraction of sp³-hybridized carbons (Fsp3) is 1.00. The average Bonchev–Trinajstić information content (AvgIpc) is 2.01. The Kier molecular flexibility index (Phi) is 7.50. The van der Waals surface area contributed by atoms with Crippen molar-refractivity contribution in [2.75, 3.05) is 31.3 Å². The molecule has 0 aliphatic carbocycles. The molecule has 0 saturated carbocycles. The molecule has 13 heavy (non-hydrogen) atoms. The van der Waals surface area contributed by atoms with Gasteiger partial charge >= 0.3 is 6.18 Å². The van der Waals surface area contributed by atoms with E-state index in [-0.39, 0.29) is 6.61 Å². The Morgan fingerprint density at radius 2 is 1.92 bits per heavy atom. The van der Waals surface area contributed by atoms with Crippen LogP contribution in [0.1, 0.15) is 6.42 Å². The number of hydrogen-bond donors (Lipinski definition) is 1. The van der Waals surface area contributed by atoms with Crippen LogP contribution >= 0.6 is 11.8 Å². The smallest absolute Gasteiger partial charge is 0.371 e. The first-order chi connectivity index (χ1) is 6.06. The molecule has 0 amide bonds. The maximum Gasteiger partial charge on any atom is 0.411 e. The number of rotatable bonds is 7. The Morgan fingerprint density at radius 3 is 2.46 bits per heavy atom. The van der Waals surface area contributed by atoms with Crippen LogP contribution in [0.25, 0.3) is 0 Å². The van der Waals surface area contributed by atoms with Crippen molar-refractivity contribution >= 4 is 11.8 Å². The fourth-order valence-electron chi connectivity index (χ4n) is 0.593. The number of halogens is 3. The molecule has 0 aromatic rings. The summed E-state index contributed by atoms with van der Waals surface area (Å²) in [4.78, 5) is 0. The third kappa shape index (κ3) is 12.1. The highest BCUT2D eigenvalue weighted by atomic mass is 32.2. The molecular weight excluding hydrogens is 203 g/mol. The summed E-state index contributed by atoms with van der Waals surface area (Å²) in [6.45, 7) is -0.379. The zero-order chi connectivity index (χ0) is 10.2. The van der Waals surface area contributed by atoms with Crippen molar-refractivity contribution in [3.63, 3.8) is 0 Å². The Morgan fingerprint density at radius 1 is 1.23 bits per heavy atom. The first-order valence-corrected chi connectivity index (χ1v) is 5.14. The van der Waals surface area contributed by atoms with E-state index < -0.39 is 12.8 Å². The van der Waals surface area contributed by atoms with Gasteiger partial charge in [0, 0.05) is 5.75 Å². The van der Waals surface area contributed by atoms with Crippen LogP contribution in [0.4, 0.5) is 13.2 Å². The lowest BCUT2D eigenvalue weighted by Gasteiger charge is -2.06. The molecule has 0 bridgehead atoms. The zero-order valence-electron chi connectivity index (χ0n) is 7.27. The predicted molar refractivity (Wildman–Crippen MR) is 47.9 cm³/mol. The van der Waals surface area contributed by atoms with Gasteiger partial charge in [-0.25, -0.2) is 0 Å². The van der Waals surface area contributed by atoms with Crippen LogP contribution in [0, 0.1) is 0 Å². The molecule has 0 fully saturated rings. The summed E-state index contributed by atoms with van der Waals surface area (Å²) in [7, 11) is 0. The Hall–Kier alpha value is 0.0600. The quantitative estimate of drug-likeness (QED) is 0.658. The van der Waals surface area contributed by atoms with Gasteiger partial charge in [0.2, 0.25) is 0 Å². The van der Waals surface area contributed by atoms with E-state index in [1.54, 1.807) is 11.8 Å². The van der Waals surface area contributed by atoms with Gasteiger partial charge in [-0.3, -0.25) is 0 Å². The van der Waals surface area contributed by atoms with Gasteiger partial charge in [-0.1, -0.05) is 0 Å². The third-order valence-corrected chi connectivity index (χ3v) is 2.16. The van der Waals surface area contributed by atoms with Gasteiger partial charge in [-0.05, 0) is 18.7 Å². The van der Waals surface area contributed by atoms with E-state index >= 15 is 0 Å². The van der Waals surface area contributed by atoms with Gasteiger partial charge < -0.3 is 10.5 Å². The SMILES string of the molecule is NCCCSCCOCC(F)(F)F. The summed E-state index contributed by atoms with van der Waals surface area (Å²) in [5.74, 6) is 1.47. The molecule has 2 N–H and O–H groups in total. The number of ether oxygens (including phenoxy) is 1. The second-order valence-corrected chi connectivity index (χ2v) is 3.65. The standard InChI is InChI=1S/C7H14F3NOS/c8-7(9,10)6-12-3-5-13-4-1-2-11/h1-6,11H2. The van der Waals surface area contributed by atoms with Crippen LogP contribution < -0.4 is 5.73 Å². The van der Waals surface area contributed by atoms with Gasteiger partial charge in [0.1, 0.15) is 6.61 Å². The minimum Gasteiger partial charge on any atom is -0.371 e. The monoisotopic (exact) mass is 217 g/mol. The van der Waals surface area contributed by atoms with E-state index in [4.69, 9.17) is 5.73 Å². The van der Waals surface area contributed by atoms with Crippen molar-refractivity contribution in [1.29, 1.82) is 0 Å². The van der Waals surface area contributed by atoms with Gasteiger partial charge in [0.25, 0.3) is 0 Å². The predicted octanol–water partition coefficient (Wildman–Crippen LogP) is 1.65. The van der Waals surface area contributed by atoms with Crippen LogP contribution in [0.3, 0.4) is 0 Å². The first kappa shape index (κ1) is 13.1. The number of alkyl halides is 3. The Balaban J connectivity index is 3.00. The minimum atomic E-state index is -4.21. The van der Waals surface area contributed by atoms with Crippen molar-refractivity contribution in [1.82, 2.24) is 0 Å². The second-order valence-electron chi connectivity index (χ2n) is 2.42. The maximum atomic E-state index is 11.5. The van der Waals surface area contributed by atoms with Crippen LogP contribution in [0.5, 0.6) is 0 Å². The molecule has 0 aromatic carbocycles. The van der Waals surface area contributed by atoms with Gasteiger partial charge in [0.15, 0.2) is 0 Å². The van der Waals surface area contributed by atoms with Crippen molar-refractivity contribution < 1.29 is 17.9 Å². The fourth-order valence-corrected chi connectivity index (χ4v) is 1.40. The highest BCUT2D eigenvalue weighted by molar-refractivity contribution is 7.99. The summed E-state index contributed by atoms with van der Waals surface area (Å²) >= 11 is 1.56. The second kappa shape index (κ2) is 7.46. The van der Waals surface area contributed by atoms with Gasteiger partial charge in [0.05, 0.1) is 6.61 Å². The minimum absolute atomic E-state index is 0.148.